The number of nitrogens with zero attached hydrogens (tertiary/aromatic N) is 2. The maximum atomic E-state index is 12.5. The predicted molar refractivity (Wildman–Crippen MR) is 88.1 cm³/mol. The average molecular weight is 356 g/mol. The van der Waals surface area contributed by atoms with Gasteiger partial charge in [-0.15, -0.1) is 5.06 Å². The molecule has 0 spiro atoms. The summed E-state index contributed by atoms with van der Waals surface area (Å²) >= 11 is 0. The molecule has 1 saturated heterocycles. The molecule has 1 aromatic carbocycles. The summed E-state index contributed by atoms with van der Waals surface area (Å²) < 4.78 is 5.00. The molecule has 0 aromatic heterocycles. The minimum absolute atomic E-state index is 0.0139. The van der Waals surface area contributed by atoms with Crippen LogP contribution in [0, 0.1) is 33.8 Å². The fourth-order valence-electron chi connectivity index (χ4n) is 4.09. The lowest BCUT2D eigenvalue weighted by Crippen LogP contribution is -2.31. The average Bonchev–Trinajstić information content (AvgIpc) is 3.30. The normalized spacial score (nSPS) is 28.4. The molecule has 1 unspecified atom stereocenters. The summed E-state index contributed by atoms with van der Waals surface area (Å²) in [5.41, 5.74) is 1.01. The number of hydroxylamine groups is 2. The van der Waals surface area contributed by atoms with Gasteiger partial charge in [0, 0.05) is 18.1 Å². The van der Waals surface area contributed by atoms with E-state index in [0.29, 0.717) is 11.3 Å². The van der Waals surface area contributed by atoms with Crippen molar-refractivity contribution in [3.63, 3.8) is 0 Å². The Balaban J connectivity index is 1.35. The second-order valence-electron chi connectivity index (χ2n) is 6.68. The Morgan fingerprint density at radius 1 is 1.23 bits per heavy atom. The van der Waals surface area contributed by atoms with Gasteiger partial charge in [-0.05, 0) is 36.0 Å². The van der Waals surface area contributed by atoms with Crippen LogP contribution < -0.4 is 0 Å². The lowest BCUT2D eigenvalue weighted by atomic mass is 9.84. The van der Waals surface area contributed by atoms with Crippen LogP contribution in [0.5, 0.6) is 0 Å². The molecule has 2 fully saturated rings. The number of nitro benzene ring substituents is 1. The summed E-state index contributed by atoms with van der Waals surface area (Å²) in [7, 11) is 0. The highest BCUT2D eigenvalue weighted by Crippen LogP contribution is 2.55. The minimum Gasteiger partial charge on any atom is -0.428 e. The number of nitro groups is 1. The molecule has 0 radical (unpaired) electrons. The van der Waals surface area contributed by atoms with Gasteiger partial charge < -0.3 is 4.74 Å². The number of benzene rings is 1. The summed E-state index contributed by atoms with van der Waals surface area (Å²) in [5.74, 6) is -0.0331. The fourth-order valence-corrected chi connectivity index (χ4v) is 4.09. The van der Waals surface area contributed by atoms with Crippen molar-refractivity contribution in [3.8, 4) is 0 Å². The molecule has 1 amide bonds. The highest BCUT2D eigenvalue weighted by atomic mass is 16.8. The van der Waals surface area contributed by atoms with Gasteiger partial charge in [0.15, 0.2) is 0 Å². The molecular formula is C18H16N2O6. The number of hydrogen-bond donors (Lipinski definition) is 0. The number of allylic oxidation sites excluding steroid dienone is 3. The molecule has 26 heavy (non-hydrogen) atoms. The molecule has 1 heterocycles. The van der Waals surface area contributed by atoms with Crippen LogP contribution in [0.25, 0.3) is 0 Å². The van der Waals surface area contributed by atoms with Crippen LogP contribution in [-0.2, 0) is 21.0 Å². The van der Waals surface area contributed by atoms with Crippen LogP contribution in [0.15, 0.2) is 48.7 Å². The van der Waals surface area contributed by atoms with Crippen molar-refractivity contribution >= 4 is 17.7 Å². The second-order valence-corrected chi connectivity index (χ2v) is 6.68. The van der Waals surface area contributed by atoms with Gasteiger partial charge in [-0.2, -0.15) is 0 Å². The van der Waals surface area contributed by atoms with Gasteiger partial charge in [0.25, 0.3) is 11.6 Å². The van der Waals surface area contributed by atoms with Crippen LogP contribution in [0.3, 0.4) is 0 Å². The van der Waals surface area contributed by atoms with Gasteiger partial charge in [-0.25, -0.2) is 4.79 Å². The smallest absolute Gasteiger partial charge is 0.428 e. The number of carbonyl (C=O) groups is 2. The van der Waals surface area contributed by atoms with Crippen LogP contribution >= 0.6 is 0 Å². The Bertz CT molecular complexity index is 801. The van der Waals surface area contributed by atoms with Crippen LogP contribution in [0.1, 0.15) is 12.0 Å². The highest BCUT2D eigenvalue weighted by Gasteiger charge is 2.57. The maximum Gasteiger partial charge on any atom is 0.534 e. The molecule has 8 nitrogen and oxygen atoms in total. The van der Waals surface area contributed by atoms with Crippen molar-refractivity contribution in [3.05, 3.63) is 64.4 Å². The van der Waals surface area contributed by atoms with Gasteiger partial charge >= 0.3 is 6.16 Å². The summed E-state index contributed by atoms with van der Waals surface area (Å²) in [6.07, 6.45) is 4.07. The van der Waals surface area contributed by atoms with Crippen molar-refractivity contribution in [2.45, 2.75) is 13.0 Å². The molecule has 1 saturated carbocycles. The molecule has 0 N–H and O–H groups in total. The lowest BCUT2D eigenvalue weighted by Gasteiger charge is -2.19. The summed E-state index contributed by atoms with van der Waals surface area (Å²) in [4.78, 5) is 39.6. The first-order valence-corrected chi connectivity index (χ1v) is 8.25. The number of ether oxygens (including phenoxy) is 1. The molecule has 2 bridgehead atoms. The van der Waals surface area contributed by atoms with Crippen LogP contribution in [-0.4, -0.2) is 22.0 Å². The molecule has 4 atom stereocenters. The molecule has 134 valence electrons. The fraction of sp³-hybridized carbons (Fsp3) is 0.333. The first-order valence-electron chi connectivity index (χ1n) is 8.25. The molecular weight excluding hydrogens is 340 g/mol. The van der Waals surface area contributed by atoms with Gasteiger partial charge in [-0.3, -0.25) is 19.7 Å². The Hall–Kier alpha value is -3.16. The van der Waals surface area contributed by atoms with E-state index in [0.717, 1.165) is 11.5 Å². The monoisotopic (exact) mass is 356 g/mol. The third-order valence-corrected chi connectivity index (χ3v) is 5.26. The third-order valence-electron chi connectivity index (χ3n) is 5.26. The largest absolute Gasteiger partial charge is 0.534 e. The molecule has 1 aromatic rings. The maximum absolute atomic E-state index is 12.5. The summed E-state index contributed by atoms with van der Waals surface area (Å²) in [6.45, 7) is 3.80. The molecule has 8 heteroatoms. The van der Waals surface area contributed by atoms with Crippen LogP contribution in [0.2, 0.25) is 0 Å². The van der Waals surface area contributed by atoms with Gasteiger partial charge in [0.05, 0.1) is 16.5 Å². The Kier molecular flexibility index (Phi) is 3.75. The quantitative estimate of drug-likeness (QED) is 0.356. The minimum atomic E-state index is -1.02. The van der Waals surface area contributed by atoms with E-state index < -0.39 is 11.1 Å². The zero-order valence-corrected chi connectivity index (χ0v) is 13.7. The second kappa shape index (κ2) is 5.98. The number of amides is 1. The van der Waals surface area contributed by atoms with E-state index in [1.54, 1.807) is 0 Å². The van der Waals surface area contributed by atoms with Crippen molar-refractivity contribution in [1.82, 2.24) is 5.06 Å². The Morgan fingerprint density at radius 3 is 2.50 bits per heavy atom. The van der Waals surface area contributed by atoms with E-state index in [-0.39, 0.29) is 41.9 Å². The predicted octanol–water partition coefficient (Wildman–Crippen LogP) is 2.96. The van der Waals surface area contributed by atoms with E-state index in [9.17, 15) is 19.7 Å². The molecule has 1 aliphatic heterocycles. The van der Waals surface area contributed by atoms with Gasteiger partial charge in [0.2, 0.25) is 0 Å². The Morgan fingerprint density at radius 2 is 1.88 bits per heavy atom. The van der Waals surface area contributed by atoms with Crippen LogP contribution in [0.4, 0.5) is 10.5 Å². The van der Waals surface area contributed by atoms with Crippen molar-refractivity contribution in [1.29, 1.82) is 0 Å². The lowest BCUT2D eigenvalue weighted by molar-refractivity contribution is -0.384. The molecule has 4 rings (SSSR count). The standard InChI is InChI=1S/C18H16N2O6/c1-10-15-12-4-5-13(8-12)16(15)17(21)19(10)26-18(22)25-9-11-2-6-14(7-3-11)20(23)24/h2-7,12-13,15-16H,1,8-9H2/t12-,13-,15-,16?/m0/s1. The zero-order chi connectivity index (χ0) is 18.4. The summed E-state index contributed by atoms with van der Waals surface area (Å²) in [6, 6.07) is 5.61. The molecule has 3 aliphatic rings. The number of carbonyl (C=O) groups excluding carboxylic acids is 2. The number of fused-ring (bicyclic) bond motifs is 5. The highest BCUT2D eigenvalue weighted by molar-refractivity contribution is 5.86. The first kappa shape index (κ1) is 16.3. The van der Waals surface area contributed by atoms with E-state index in [1.807, 2.05) is 6.08 Å². The Labute approximate surface area is 148 Å². The van der Waals surface area contributed by atoms with Crippen molar-refractivity contribution < 1.29 is 24.1 Å². The SMILES string of the molecule is C=C1[C@@H]2C(C(=O)N1OC(=O)OCc1ccc([N+](=O)[O-])cc1)[C@H]1C=C[C@H]2C1. The number of hydrogen-bond acceptors (Lipinski definition) is 6. The number of non-ortho nitro benzene ring substituents is 1. The first-order chi connectivity index (χ1) is 12.5. The van der Waals surface area contributed by atoms with Crippen molar-refractivity contribution in [2.75, 3.05) is 0 Å². The van der Waals surface area contributed by atoms with Gasteiger partial charge in [0.1, 0.15) is 6.61 Å². The van der Waals surface area contributed by atoms with E-state index in [2.05, 4.69) is 12.7 Å². The summed E-state index contributed by atoms with van der Waals surface area (Å²) in [5, 5.41) is 11.6. The van der Waals surface area contributed by atoms with E-state index in [4.69, 9.17) is 9.57 Å². The zero-order valence-electron chi connectivity index (χ0n) is 13.7. The van der Waals surface area contributed by atoms with Gasteiger partial charge in [-0.1, -0.05) is 18.7 Å². The van der Waals surface area contributed by atoms with E-state index >= 15 is 0 Å². The molecule has 2 aliphatic carbocycles. The topological polar surface area (TPSA) is 99.0 Å². The third kappa shape index (κ3) is 2.54. The van der Waals surface area contributed by atoms with Crippen molar-refractivity contribution in [2.24, 2.45) is 23.7 Å². The number of rotatable bonds is 4. The van der Waals surface area contributed by atoms with E-state index in [1.165, 1.54) is 24.3 Å².